The van der Waals surface area contributed by atoms with Gasteiger partial charge < -0.3 is 5.11 Å². The molecule has 0 aliphatic carbocycles. The standard InChI is InChI=1S/C11H19F3O2/c1-2-6-9(10(15)16)7-4-3-5-8-11(12,13)14/h9H,2-8H2,1H3,(H,15,16). The number of carboxylic acids is 1. The average molecular weight is 240 g/mol. The molecule has 0 aromatic heterocycles. The van der Waals surface area contributed by atoms with Gasteiger partial charge in [-0.15, -0.1) is 0 Å². The van der Waals surface area contributed by atoms with E-state index in [9.17, 15) is 18.0 Å². The number of unbranched alkanes of at least 4 members (excludes halogenated alkanes) is 2. The Bertz CT molecular complexity index is 202. The van der Waals surface area contributed by atoms with Crippen LogP contribution < -0.4 is 0 Å². The average Bonchev–Trinajstić information content (AvgIpc) is 2.13. The maximum Gasteiger partial charge on any atom is 0.389 e. The van der Waals surface area contributed by atoms with Gasteiger partial charge in [0.1, 0.15) is 0 Å². The van der Waals surface area contributed by atoms with Gasteiger partial charge in [0.05, 0.1) is 5.92 Å². The van der Waals surface area contributed by atoms with Gasteiger partial charge >= 0.3 is 12.1 Å². The second-order valence-electron chi connectivity index (χ2n) is 4.04. The van der Waals surface area contributed by atoms with Gasteiger partial charge in [0.15, 0.2) is 0 Å². The number of rotatable bonds is 8. The van der Waals surface area contributed by atoms with Gasteiger partial charge in [0, 0.05) is 6.42 Å². The largest absolute Gasteiger partial charge is 0.481 e. The lowest BCUT2D eigenvalue weighted by atomic mass is 9.96. The van der Waals surface area contributed by atoms with Gasteiger partial charge in [-0.1, -0.05) is 26.2 Å². The minimum absolute atomic E-state index is 0.0992. The lowest BCUT2D eigenvalue weighted by molar-refractivity contribution is -0.142. The number of aliphatic carboxylic acids is 1. The van der Waals surface area contributed by atoms with E-state index in [1.54, 1.807) is 0 Å². The molecule has 0 aliphatic rings. The molecule has 1 N–H and O–H groups in total. The number of hydrogen-bond donors (Lipinski definition) is 1. The number of carboxylic acid groups (broad SMARTS) is 1. The second kappa shape index (κ2) is 7.52. The van der Waals surface area contributed by atoms with Crippen LogP contribution >= 0.6 is 0 Å². The van der Waals surface area contributed by atoms with Gasteiger partial charge in [-0.3, -0.25) is 4.79 Å². The fraction of sp³-hybridized carbons (Fsp3) is 0.909. The molecule has 0 aromatic rings. The van der Waals surface area contributed by atoms with Gasteiger partial charge in [-0.25, -0.2) is 0 Å². The first-order valence-corrected chi connectivity index (χ1v) is 5.66. The summed E-state index contributed by atoms with van der Waals surface area (Å²) in [5.41, 5.74) is 0. The third kappa shape index (κ3) is 8.56. The lowest BCUT2D eigenvalue weighted by Gasteiger charge is -2.11. The first kappa shape index (κ1) is 15.3. The molecule has 1 unspecified atom stereocenters. The van der Waals surface area contributed by atoms with E-state index >= 15 is 0 Å². The molecule has 2 nitrogen and oxygen atoms in total. The summed E-state index contributed by atoms with van der Waals surface area (Å²) in [5, 5.41) is 8.81. The van der Waals surface area contributed by atoms with Crippen molar-refractivity contribution in [1.29, 1.82) is 0 Å². The third-order valence-electron chi connectivity index (χ3n) is 2.50. The highest BCUT2D eigenvalue weighted by molar-refractivity contribution is 5.69. The number of halogens is 3. The fourth-order valence-electron chi connectivity index (χ4n) is 1.63. The molecule has 0 rings (SSSR count). The Hall–Kier alpha value is -0.740. The minimum atomic E-state index is -4.09. The van der Waals surface area contributed by atoms with Crippen LogP contribution in [0.3, 0.4) is 0 Å². The molecule has 0 aromatic carbocycles. The molecule has 0 spiro atoms. The predicted octanol–water partition coefficient (Wildman–Crippen LogP) is 4.00. The summed E-state index contributed by atoms with van der Waals surface area (Å²) in [6.45, 7) is 1.90. The van der Waals surface area contributed by atoms with Crippen LogP contribution in [0, 0.1) is 5.92 Å². The van der Waals surface area contributed by atoms with Crippen molar-refractivity contribution in [3.05, 3.63) is 0 Å². The molecule has 0 fully saturated rings. The zero-order valence-corrected chi connectivity index (χ0v) is 9.52. The SMILES string of the molecule is CCCC(CCCCCC(F)(F)F)C(=O)O. The topological polar surface area (TPSA) is 37.3 Å². The summed E-state index contributed by atoms with van der Waals surface area (Å²) in [5.74, 6) is -1.23. The van der Waals surface area contributed by atoms with Crippen molar-refractivity contribution < 1.29 is 23.1 Å². The lowest BCUT2D eigenvalue weighted by Crippen LogP contribution is -2.13. The third-order valence-corrected chi connectivity index (χ3v) is 2.50. The van der Waals surface area contributed by atoms with Crippen LogP contribution in [-0.4, -0.2) is 17.3 Å². The maximum atomic E-state index is 11.8. The summed E-state index contributed by atoms with van der Waals surface area (Å²) in [6.07, 6.45) is -1.86. The first-order valence-electron chi connectivity index (χ1n) is 5.66. The van der Waals surface area contributed by atoms with Crippen molar-refractivity contribution in [2.45, 2.75) is 58.0 Å². The monoisotopic (exact) mass is 240 g/mol. The predicted molar refractivity (Wildman–Crippen MR) is 55.2 cm³/mol. The van der Waals surface area contributed by atoms with Crippen LogP contribution in [-0.2, 0) is 4.79 Å². The Morgan fingerprint density at radius 1 is 1.19 bits per heavy atom. The van der Waals surface area contributed by atoms with E-state index in [0.29, 0.717) is 25.7 Å². The van der Waals surface area contributed by atoms with Crippen molar-refractivity contribution in [3.8, 4) is 0 Å². The van der Waals surface area contributed by atoms with Gasteiger partial charge in [-0.2, -0.15) is 13.2 Å². The van der Waals surface area contributed by atoms with Crippen molar-refractivity contribution in [2.24, 2.45) is 5.92 Å². The molecule has 0 saturated carbocycles. The van der Waals surface area contributed by atoms with E-state index in [1.165, 1.54) is 0 Å². The van der Waals surface area contributed by atoms with Gasteiger partial charge in [-0.05, 0) is 19.3 Å². The zero-order chi connectivity index (χ0) is 12.6. The zero-order valence-electron chi connectivity index (χ0n) is 9.52. The summed E-state index contributed by atoms with van der Waals surface area (Å²) >= 11 is 0. The molecule has 0 heterocycles. The Morgan fingerprint density at radius 3 is 2.25 bits per heavy atom. The summed E-state index contributed by atoms with van der Waals surface area (Å²) < 4.78 is 35.4. The van der Waals surface area contributed by atoms with E-state index in [-0.39, 0.29) is 6.42 Å². The molecule has 1 atom stereocenters. The maximum absolute atomic E-state index is 11.8. The molecular weight excluding hydrogens is 221 g/mol. The van der Waals surface area contributed by atoms with E-state index in [4.69, 9.17) is 5.11 Å². The Kier molecular flexibility index (Phi) is 7.17. The molecular formula is C11H19F3O2. The first-order chi connectivity index (χ1) is 7.37. The van der Waals surface area contributed by atoms with Crippen LogP contribution in [0.15, 0.2) is 0 Å². The highest BCUT2D eigenvalue weighted by atomic mass is 19.4. The molecule has 0 radical (unpaired) electrons. The van der Waals surface area contributed by atoms with Crippen molar-refractivity contribution in [1.82, 2.24) is 0 Å². The van der Waals surface area contributed by atoms with Crippen LogP contribution in [0.1, 0.15) is 51.9 Å². The van der Waals surface area contributed by atoms with Gasteiger partial charge in [0.2, 0.25) is 0 Å². The quantitative estimate of drug-likeness (QED) is 0.651. The highest BCUT2D eigenvalue weighted by Crippen LogP contribution is 2.24. The molecule has 0 bridgehead atoms. The number of hydrogen-bond acceptors (Lipinski definition) is 1. The summed E-state index contributed by atoms with van der Waals surface area (Å²) in [7, 11) is 0. The molecule has 0 saturated heterocycles. The Labute approximate surface area is 93.8 Å². The van der Waals surface area contributed by atoms with Crippen molar-refractivity contribution >= 4 is 5.97 Å². The van der Waals surface area contributed by atoms with Crippen LogP contribution in [0.2, 0.25) is 0 Å². The van der Waals surface area contributed by atoms with E-state index in [2.05, 4.69) is 0 Å². The molecule has 0 aliphatic heterocycles. The van der Waals surface area contributed by atoms with Crippen molar-refractivity contribution in [3.63, 3.8) is 0 Å². The molecule has 0 amide bonds. The minimum Gasteiger partial charge on any atom is -0.481 e. The van der Waals surface area contributed by atoms with Crippen LogP contribution in [0.5, 0.6) is 0 Å². The summed E-state index contributed by atoms with van der Waals surface area (Å²) in [4.78, 5) is 10.7. The normalized spacial score (nSPS) is 13.8. The summed E-state index contributed by atoms with van der Waals surface area (Å²) in [6, 6.07) is 0. The Morgan fingerprint density at radius 2 is 1.81 bits per heavy atom. The van der Waals surface area contributed by atoms with Crippen LogP contribution in [0.4, 0.5) is 13.2 Å². The molecule has 16 heavy (non-hydrogen) atoms. The second-order valence-corrected chi connectivity index (χ2v) is 4.04. The van der Waals surface area contributed by atoms with Crippen LogP contribution in [0.25, 0.3) is 0 Å². The van der Waals surface area contributed by atoms with E-state index < -0.39 is 24.5 Å². The van der Waals surface area contributed by atoms with Crippen molar-refractivity contribution in [2.75, 3.05) is 0 Å². The van der Waals surface area contributed by atoms with E-state index in [0.717, 1.165) is 6.42 Å². The smallest absolute Gasteiger partial charge is 0.389 e. The number of carbonyl (C=O) groups is 1. The molecule has 5 heteroatoms. The van der Waals surface area contributed by atoms with Gasteiger partial charge in [0.25, 0.3) is 0 Å². The fourth-order valence-corrected chi connectivity index (χ4v) is 1.63. The molecule has 96 valence electrons. The van der Waals surface area contributed by atoms with E-state index in [1.807, 2.05) is 6.92 Å². The number of alkyl halides is 3. The Balaban J connectivity index is 3.59. The highest BCUT2D eigenvalue weighted by Gasteiger charge is 2.25.